The normalized spacial score (nSPS) is 10.5. The van der Waals surface area contributed by atoms with Crippen LogP contribution in [0.25, 0.3) is 0 Å². The van der Waals surface area contributed by atoms with E-state index in [1.165, 1.54) is 12.3 Å². The third-order valence-electron chi connectivity index (χ3n) is 3.34. The number of anilines is 1. The average Bonchev–Trinajstić information content (AvgIpc) is 2.60. The Morgan fingerprint density at radius 2 is 1.88 bits per heavy atom. The highest BCUT2D eigenvalue weighted by Gasteiger charge is 2.09. The number of phenolic OH excluding ortho intramolecular Hbond substituents is 1. The standard InChI is InChI=1S/C19H21N3O4/c1-3-26-17-10-14(6-9-16(17)23)12-20-22-19(25)11-18(24)21-15-7-4-13(2)5-8-15/h4-10,12,23H,3,11H2,1-2H3,(H,21,24)(H,22,25)/b20-12+. The highest BCUT2D eigenvalue weighted by atomic mass is 16.5. The first-order chi connectivity index (χ1) is 12.5. The minimum atomic E-state index is -0.533. The van der Waals surface area contributed by atoms with Crippen LogP contribution in [0.5, 0.6) is 11.5 Å². The van der Waals surface area contributed by atoms with E-state index >= 15 is 0 Å². The van der Waals surface area contributed by atoms with E-state index in [0.717, 1.165) is 5.56 Å². The molecular formula is C19H21N3O4. The molecule has 7 heteroatoms. The summed E-state index contributed by atoms with van der Waals surface area (Å²) in [6.45, 7) is 4.17. The molecule has 0 unspecified atom stereocenters. The van der Waals surface area contributed by atoms with E-state index < -0.39 is 11.8 Å². The fourth-order valence-corrected chi connectivity index (χ4v) is 2.09. The first kappa shape index (κ1) is 19.0. The molecule has 0 aliphatic rings. The van der Waals surface area contributed by atoms with Gasteiger partial charge in [0.05, 0.1) is 12.8 Å². The van der Waals surface area contributed by atoms with E-state index in [9.17, 15) is 14.7 Å². The van der Waals surface area contributed by atoms with Crippen molar-refractivity contribution in [3.8, 4) is 11.5 Å². The van der Waals surface area contributed by atoms with Gasteiger partial charge in [0.25, 0.3) is 0 Å². The summed E-state index contributed by atoms with van der Waals surface area (Å²) in [4.78, 5) is 23.6. The van der Waals surface area contributed by atoms with E-state index in [1.54, 1.807) is 24.3 Å². The van der Waals surface area contributed by atoms with E-state index in [1.807, 2.05) is 26.0 Å². The summed E-state index contributed by atoms with van der Waals surface area (Å²) in [5.41, 5.74) is 4.63. The fraction of sp³-hybridized carbons (Fsp3) is 0.211. The largest absolute Gasteiger partial charge is 0.504 e. The number of nitrogens with zero attached hydrogens (tertiary/aromatic N) is 1. The zero-order valence-electron chi connectivity index (χ0n) is 14.7. The van der Waals surface area contributed by atoms with E-state index in [-0.39, 0.29) is 12.2 Å². The highest BCUT2D eigenvalue weighted by Crippen LogP contribution is 2.26. The molecule has 2 aromatic rings. The number of carbonyl (C=O) groups excluding carboxylic acids is 2. The topological polar surface area (TPSA) is 100 Å². The Kier molecular flexibility index (Phi) is 6.73. The van der Waals surface area contributed by atoms with Gasteiger partial charge in [-0.15, -0.1) is 0 Å². The second-order valence-electron chi connectivity index (χ2n) is 5.54. The van der Waals surface area contributed by atoms with Gasteiger partial charge in [-0.05, 0) is 49.7 Å². The van der Waals surface area contributed by atoms with Gasteiger partial charge in [0, 0.05) is 5.69 Å². The molecule has 0 saturated heterocycles. The molecule has 0 fully saturated rings. The van der Waals surface area contributed by atoms with Gasteiger partial charge >= 0.3 is 0 Å². The smallest absolute Gasteiger partial charge is 0.249 e. The zero-order valence-corrected chi connectivity index (χ0v) is 14.7. The van der Waals surface area contributed by atoms with Crippen molar-refractivity contribution in [3.05, 3.63) is 53.6 Å². The van der Waals surface area contributed by atoms with Crippen LogP contribution < -0.4 is 15.5 Å². The summed E-state index contributed by atoms with van der Waals surface area (Å²) >= 11 is 0. The van der Waals surface area contributed by atoms with Crippen LogP contribution in [-0.2, 0) is 9.59 Å². The van der Waals surface area contributed by atoms with Crippen LogP contribution in [-0.4, -0.2) is 29.7 Å². The molecule has 26 heavy (non-hydrogen) atoms. The van der Waals surface area contributed by atoms with Gasteiger partial charge < -0.3 is 15.2 Å². The highest BCUT2D eigenvalue weighted by molar-refractivity contribution is 6.03. The molecule has 2 aromatic carbocycles. The van der Waals surface area contributed by atoms with Crippen LogP contribution in [0.4, 0.5) is 5.69 Å². The van der Waals surface area contributed by atoms with Gasteiger partial charge in [0.2, 0.25) is 11.8 Å². The molecular weight excluding hydrogens is 334 g/mol. The predicted octanol–water partition coefficient (Wildman–Crippen LogP) is 2.58. The number of hydrogen-bond donors (Lipinski definition) is 3. The number of rotatable bonds is 7. The first-order valence-corrected chi connectivity index (χ1v) is 8.12. The van der Waals surface area contributed by atoms with Crippen LogP contribution in [0, 0.1) is 6.92 Å². The van der Waals surface area contributed by atoms with Crippen molar-refractivity contribution in [2.24, 2.45) is 5.10 Å². The average molecular weight is 355 g/mol. The van der Waals surface area contributed by atoms with Crippen molar-refractivity contribution in [1.82, 2.24) is 5.43 Å². The second-order valence-corrected chi connectivity index (χ2v) is 5.54. The summed E-state index contributed by atoms with van der Waals surface area (Å²) in [7, 11) is 0. The molecule has 0 spiro atoms. The Labute approximate surface area is 151 Å². The Bertz CT molecular complexity index is 801. The van der Waals surface area contributed by atoms with Crippen molar-refractivity contribution in [2.75, 3.05) is 11.9 Å². The molecule has 2 amide bonds. The molecule has 0 aliphatic heterocycles. The summed E-state index contributed by atoms with van der Waals surface area (Å²) in [5.74, 6) is -0.597. The van der Waals surface area contributed by atoms with Crippen molar-refractivity contribution in [2.45, 2.75) is 20.3 Å². The van der Waals surface area contributed by atoms with Crippen LogP contribution in [0.15, 0.2) is 47.6 Å². The van der Waals surface area contributed by atoms with Gasteiger partial charge in [-0.3, -0.25) is 9.59 Å². The maximum absolute atomic E-state index is 11.8. The van der Waals surface area contributed by atoms with E-state index in [0.29, 0.717) is 23.6 Å². The molecule has 0 aliphatic carbocycles. The quantitative estimate of drug-likeness (QED) is 0.404. The Morgan fingerprint density at radius 1 is 1.15 bits per heavy atom. The number of hydrogen-bond acceptors (Lipinski definition) is 5. The summed E-state index contributed by atoms with van der Waals surface area (Å²) < 4.78 is 5.27. The third-order valence-corrected chi connectivity index (χ3v) is 3.34. The Morgan fingerprint density at radius 3 is 2.58 bits per heavy atom. The maximum atomic E-state index is 11.8. The minimum absolute atomic E-state index is 0.0285. The molecule has 0 bridgehead atoms. The number of phenols is 1. The molecule has 0 saturated carbocycles. The lowest BCUT2D eigenvalue weighted by molar-refractivity contribution is -0.126. The van der Waals surface area contributed by atoms with E-state index in [2.05, 4.69) is 15.8 Å². The number of nitrogens with one attached hydrogen (secondary N) is 2. The first-order valence-electron chi connectivity index (χ1n) is 8.12. The molecule has 0 heterocycles. The van der Waals surface area contributed by atoms with Crippen molar-refractivity contribution in [3.63, 3.8) is 0 Å². The Hall–Kier alpha value is -3.35. The SMILES string of the molecule is CCOc1cc(/C=N/NC(=O)CC(=O)Nc2ccc(C)cc2)ccc1O. The van der Waals surface area contributed by atoms with Crippen molar-refractivity contribution < 1.29 is 19.4 Å². The van der Waals surface area contributed by atoms with E-state index in [4.69, 9.17) is 4.74 Å². The van der Waals surface area contributed by atoms with Gasteiger partial charge in [0.1, 0.15) is 6.42 Å². The van der Waals surface area contributed by atoms with Gasteiger partial charge in [-0.2, -0.15) is 5.10 Å². The molecule has 7 nitrogen and oxygen atoms in total. The lowest BCUT2D eigenvalue weighted by Gasteiger charge is -2.06. The predicted molar refractivity (Wildman–Crippen MR) is 99.4 cm³/mol. The van der Waals surface area contributed by atoms with Gasteiger partial charge in [-0.25, -0.2) is 5.43 Å². The molecule has 0 aromatic heterocycles. The molecule has 2 rings (SSSR count). The van der Waals surface area contributed by atoms with Crippen molar-refractivity contribution >= 4 is 23.7 Å². The number of aryl methyl sites for hydroxylation is 1. The lowest BCUT2D eigenvalue weighted by atomic mass is 10.2. The van der Waals surface area contributed by atoms with Crippen LogP contribution in [0.3, 0.4) is 0 Å². The second kappa shape index (κ2) is 9.22. The number of benzene rings is 2. The molecule has 3 N–H and O–H groups in total. The number of ether oxygens (including phenoxy) is 1. The molecule has 136 valence electrons. The van der Waals surface area contributed by atoms with Crippen LogP contribution in [0.2, 0.25) is 0 Å². The number of carbonyl (C=O) groups is 2. The fourth-order valence-electron chi connectivity index (χ4n) is 2.09. The number of aromatic hydroxyl groups is 1. The lowest BCUT2D eigenvalue weighted by Crippen LogP contribution is -2.24. The third kappa shape index (κ3) is 5.94. The zero-order chi connectivity index (χ0) is 18.9. The maximum Gasteiger partial charge on any atom is 0.249 e. The summed E-state index contributed by atoms with van der Waals surface area (Å²) in [5, 5.41) is 16.1. The van der Waals surface area contributed by atoms with Gasteiger partial charge in [0.15, 0.2) is 11.5 Å². The van der Waals surface area contributed by atoms with Crippen LogP contribution >= 0.6 is 0 Å². The number of amides is 2. The minimum Gasteiger partial charge on any atom is -0.504 e. The van der Waals surface area contributed by atoms with Crippen LogP contribution in [0.1, 0.15) is 24.5 Å². The summed E-state index contributed by atoms with van der Waals surface area (Å²) in [6.07, 6.45) is 1.06. The van der Waals surface area contributed by atoms with Crippen molar-refractivity contribution in [1.29, 1.82) is 0 Å². The molecule has 0 radical (unpaired) electrons. The Balaban J connectivity index is 1.84. The number of hydrazone groups is 1. The summed E-state index contributed by atoms with van der Waals surface area (Å²) in [6, 6.07) is 12.0. The monoisotopic (exact) mass is 355 g/mol. The van der Waals surface area contributed by atoms with Gasteiger partial charge in [-0.1, -0.05) is 17.7 Å². The molecule has 0 atom stereocenters.